The van der Waals surface area contributed by atoms with Crippen LogP contribution >= 0.6 is 0 Å². The van der Waals surface area contributed by atoms with Crippen molar-refractivity contribution in [2.75, 3.05) is 0 Å². The molecule has 0 amide bonds. The van der Waals surface area contributed by atoms with E-state index in [1.807, 2.05) is 24.3 Å². The smallest absolute Gasteiger partial charge is 0.195 e. The molecule has 0 fully saturated rings. The molecule has 6 nitrogen and oxygen atoms in total. The van der Waals surface area contributed by atoms with Gasteiger partial charge in [-0.25, -0.2) is 0 Å². The summed E-state index contributed by atoms with van der Waals surface area (Å²) in [6, 6.07) is 49.4. The third-order valence-electron chi connectivity index (χ3n) is 7.68. The predicted octanol–water partition coefficient (Wildman–Crippen LogP) is 7.67. The summed E-state index contributed by atoms with van der Waals surface area (Å²) >= 11 is 0. The molecule has 0 radical (unpaired) electrons. The van der Waals surface area contributed by atoms with Gasteiger partial charge in [-0.05, 0) is 11.1 Å². The summed E-state index contributed by atoms with van der Waals surface area (Å²) < 4.78 is 0. The zero-order chi connectivity index (χ0) is 33.9. The molecule has 0 heterocycles. The Labute approximate surface area is 278 Å². The molecule has 1 aliphatic rings. The lowest BCUT2D eigenvalue weighted by atomic mass is 9.84. The molecule has 2 atom stereocenters. The highest BCUT2D eigenvalue weighted by Gasteiger charge is 2.28. The van der Waals surface area contributed by atoms with Crippen molar-refractivity contribution in [1.29, 1.82) is 0 Å². The zero-order valence-corrected chi connectivity index (χ0v) is 25.8. The van der Waals surface area contributed by atoms with Gasteiger partial charge in [-0.1, -0.05) is 170 Å². The Morgan fingerprint density at radius 3 is 0.854 bits per heavy atom. The first-order valence-corrected chi connectivity index (χ1v) is 15.3. The fourth-order valence-corrected chi connectivity index (χ4v) is 5.14. The molecule has 236 valence electrons. The molecule has 6 aromatic carbocycles. The molecule has 2 unspecified atom stereocenters. The Morgan fingerprint density at radius 2 is 0.583 bits per heavy atom. The van der Waals surface area contributed by atoms with Crippen molar-refractivity contribution in [3.63, 3.8) is 0 Å². The highest BCUT2D eigenvalue weighted by molar-refractivity contribution is 6.28. The van der Waals surface area contributed by atoms with Gasteiger partial charge in [0.1, 0.15) is 12.2 Å². The molecule has 0 spiro atoms. The molecule has 6 aromatic rings. The summed E-state index contributed by atoms with van der Waals surface area (Å²) in [7, 11) is 0. The van der Waals surface area contributed by atoms with E-state index in [1.165, 1.54) is 0 Å². The minimum absolute atomic E-state index is 0.0641. The molecule has 2 N–H and O–H groups in total. The van der Waals surface area contributed by atoms with Crippen molar-refractivity contribution < 1.29 is 29.4 Å². The van der Waals surface area contributed by atoms with E-state index in [9.17, 15) is 29.4 Å². The van der Waals surface area contributed by atoms with E-state index in [1.54, 1.807) is 146 Å². The van der Waals surface area contributed by atoms with Gasteiger partial charge < -0.3 is 10.2 Å². The lowest BCUT2D eigenvalue weighted by Gasteiger charge is -2.16. The molecule has 1 aliphatic carbocycles. The van der Waals surface area contributed by atoms with E-state index in [0.29, 0.717) is 44.5 Å². The van der Waals surface area contributed by atoms with Gasteiger partial charge in [0.15, 0.2) is 23.1 Å². The van der Waals surface area contributed by atoms with Gasteiger partial charge in [0, 0.05) is 33.4 Å². The fourth-order valence-electron chi connectivity index (χ4n) is 5.14. The van der Waals surface area contributed by atoms with E-state index in [4.69, 9.17) is 0 Å². The number of benzene rings is 6. The summed E-state index contributed by atoms with van der Waals surface area (Å²) in [6.07, 6.45) is -2.16. The summed E-state index contributed by atoms with van der Waals surface area (Å²) in [4.78, 5) is 48.0. The third-order valence-corrected chi connectivity index (χ3v) is 7.68. The van der Waals surface area contributed by atoms with Gasteiger partial charge in [0.25, 0.3) is 0 Å². The Balaban J connectivity index is 0.000000141. The van der Waals surface area contributed by atoms with Crippen LogP contribution in [-0.4, -0.2) is 33.3 Å². The number of ketones is 4. The first-order valence-electron chi connectivity index (χ1n) is 15.3. The van der Waals surface area contributed by atoms with Crippen LogP contribution in [0.5, 0.6) is 0 Å². The van der Waals surface area contributed by atoms with E-state index in [0.717, 1.165) is 0 Å². The predicted molar refractivity (Wildman–Crippen MR) is 184 cm³/mol. The second kappa shape index (κ2) is 16.0. The summed E-state index contributed by atoms with van der Waals surface area (Å²) in [5, 5.41) is 19.8. The minimum Gasteiger partial charge on any atom is -0.380 e. The molecular weight excluding hydrogens is 600 g/mol. The summed E-state index contributed by atoms with van der Waals surface area (Å²) in [5.74, 6) is -0.671. The maximum atomic E-state index is 12.1. The minimum atomic E-state index is -1.08. The Bertz CT molecular complexity index is 1810. The number of rotatable bonds is 6. The van der Waals surface area contributed by atoms with E-state index in [2.05, 4.69) is 0 Å². The maximum absolute atomic E-state index is 12.1. The number of hydrogen-bond acceptors (Lipinski definition) is 6. The van der Waals surface area contributed by atoms with E-state index >= 15 is 0 Å². The molecule has 0 bridgehead atoms. The van der Waals surface area contributed by atoms with Crippen LogP contribution in [0, 0.1) is 0 Å². The van der Waals surface area contributed by atoms with Gasteiger partial charge >= 0.3 is 0 Å². The van der Waals surface area contributed by atoms with Crippen molar-refractivity contribution >= 4 is 23.1 Å². The van der Waals surface area contributed by atoms with Crippen LogP contribution in [0.2, 0.25) is 0 Å². The molecule has 48 heavy (non-hydrogen) atoms. The number of fused-ring (bicyclic) bond motifs is 2. The first kappa shape index (κ1) is 33.3. The largest absolute Gasteiger partial charge is 0.380 e. The molecule has 0 aromatic heterocycles. The van der Waals surface area contributed by atoms with Crippen molar-refractivity contribution in [2.45, 2.75) is 12.2 Å². The lowest BCUT2D eigenvalue weighted by molar-refractivity contribution is 0.0743. The van der Waals surface area contributed by atoms with E-state index < -0.39 is 12.2 Å². The number of hydrogen-bond donors (Lipinski definition) is 2. The second-order valence-corrected chi connectivity index (χ2v) is 10.8. The van der Waals surface area contributed by atoms with Gasteiger partial charge in [0.2, 0.25) is 0 Å². The average molecular weight is 633 g/mol. The Hall–Kier alpha value is -6.08. The maximum Gasteiger partial charge on any atom is 0.195 e. The molecule has 6 heteroatoms. The van der Waals surface area contributed by atoms with Crippen LogP contribution in [0.1, 0.15) is 75.9 Å². The zero-order valence-electron chi connectivity index (χ0n) is 25.8. The standard InChI is InChI=1S/C14H8O2.2C14H12O2/c15-13-9-5-1-2-6-10(9)14(16)12-8-4-3-7-11(12)13;2*15-13(11-7-3-1-4-8-11)14(16)12-9-5-2-6-10-12/h1-8H;2*1-10,13,15H. The monoisotopic (exact) mass is 632 g/mol. The van der Waals surface area contributed by atoms with E-state index in [-0.39, 0.29) is 23.1 Å². The Morgan fingerprint density at radius 1 is 0.354 bits per heavy atom. The normalized spacial score (nSPS) is 12.5. The highest BCUT2D eigenvalue weighted by Crippen LogP contribution is 2.26. The third kappa shape index (κ3) is 7.82. The van der Waals surface area contributed by atoms with Crippen LogP contribution in [0.3, 0.4) is 0 Å². The molecular formula is C42H32O6. The molecule has 0 saturated carbocycles. The molecule has 7 rings (SSSR count). The SMILES string of the molecule is O=C(c1ccccc1)C(O)c1ccccc1.O=C(c1ccccc1)C(O)c1ccccc1.O=C1c2ccccc2C(=O)c2ccccc21. The van der Waals surface area contributed by atoms with Gasteiger partial charge in [-0.15, -0.1) is 0 Å². The van der Waals surface area contributed by atoms with Crippen LogP contribution in [-0.2, 0) is 0 Å². The first-order chi connectivity index (χ1) is 23.4. The van der Waals surface area contributed by atoms with Gasteiger partial charge in [0.05, 0.1) is 0 Å². The van der Waals surface area contributed by atoms with Crippen LogP contribution in [0.25, 0.3) is 0 Å². The number of aliphatic hydroxyl groups is 2. The fraction of sp³-hybridized carbons (Fsp3) is 0.0476. The lowest BCUT2D eigenvalue weighted by Crippen LogP contribution is -2.20. The second-order valence-electron chi connectivity index (χ2n) is 10.8. The van der Waals surface area contributed by atoms with Crippen molar-refractivity contribution in [3.05, 3.63) is 214 Å². The van der Waals surface area contributed by atoms with Gasteiger partial charge in [-0.2, -0.15) is 0 Å². The number of carbonyl (C=O) groups is 4. The van der Waals surface area contributed by atoms with Crippen molar-refractivity contribution in [3.8, 4) is 0 Å². The van der Waals surface area contributed by atoms with Crippen molar-refractivity contribution in [1.82, 2.24) is 0 Å². The average Bonchev–Trinajstić information content (AvgIpc) is 3.17. The number of aliphatic hydroxyl groups excluding tert-OH is 2. The summed E-state index contributed by atoms with van der Waals surface area (Å²) in [5.41, 5.74) is 4.32. The summed E-state index contributed by atoms with van der Waals surface area (Å²) in [6.45, 7) is 0. The molecule has 0 aliphatic heterocycles. The van der Waals surface area contributed by atoms with Crippen LogP contribution in [0.15, 0.2) is 170 Å². The molecule has 0 saturated heterocycles. The number of Topliss-reactive ketones (excluding diaryl/α,β-unsaturated/α-hetero) is 2. The Kier molecular flexibility index (Phi) is 11.1. The topological polar surface area (TPSA) is 109 Å². The van der Waals surface area contributed by atoms with Crippen LogP contribution < -0.4 is 0 Å². The van der Waals surface area contributed by atoms with Crippen LogP contribution in [0.4, 0.5) is 0 Å². The highest BCUT2D eigenvalue weighted by atomic mass is 16.3. The quantitative estimate of drug-likeness (QED) is 0.182. The van der Waals surface area contributed by atoms with Crippen molar-refractivity contribution in [2.24, 2.45) is 0 Å². The van der Waals surface area contributed by atoms with Gasteiger partial charge in [-0.3, -0.25) is 19.2 Å². The number of carbonyl (C=O) groups excluding carboxylic acids is 4.